The highest BCUT2D eigenvalue weighted by Gasteiger charge is 2.50. The van der Waals surface area contributed by atoms with Crippen LogP contribution in [-0.2, 0) is 15.7 Å². The van der Waals surface area contributed by atoms with Gasteiger partial charge in [-0.3, -0.25) is 4.90 Å². The molecule has 0 spiro atoms. The lowest BCUT2D eigenvalue weighted by atomic mass is 9.92. The van der Waals surface area contributed by atoms with E-state index in [9.17, 15) is 14.4 Å². The molecule has 2 N–H and O–H groups in total. The third kappa shape index (κ3) is 6.74. The highest BCUT2D eigenvalue weighted by Crippen LogP contribution is 2.49. The quantitative estimate of drug-likeness (QED) is 0.167. The summed E-state index contributed by atoms with van der Waals surface area (Å²) in [6.45, 7) is 4.82. The Morgan fingerprint density at radius 2 is 1.95 bits per heavy atom. The summed E-state index contributed by atoms with van der Waals surface area (Å²) in [7, 11) is 1.59. The van der Waals surface area contributed by atoms with Gasteiger partial charge in [-0.1, -0.05) is 6.07 Å². The number of likely N-dealkylation sites (N-methyl/N-ethyl adjacent to an activating group) is 1. The minimum Gasteiger partial charge on any atom is -0.461 e. The van der Waals surface area contributed by atoms with E-state index in [-0.39, 0.29) is 94.3 Å². The van der Waals surface area contributed by atoms with Crippen LogP contribution in [0.1, 0.15) is 63.5 Å². The number of carbonyl (C=O) groups is 1. The Balaban J connectivity index is 1.26. The van der Waals surface area contributed by atoms with Gasteiger partial charge in [-0.2, -0.15) is 28.4 Å². The van der Waals surface area contributed by atoms with Crippen molar-refractivity contribution in [1.29, 1.82) is 5.26 Å². The predicted octanol–water partition coefficient (Wildman–Crippen LogP) is 7.82. The number of ether oxygens (including phenoxy) is 3. The van der Waals surface area contributed by atoms with E-state index in [1.54, 1.807) is 23.8 Å². The fourth-order valence-electron chi connectivity index (χ4n) is 9.20. The Labute approximate surface area is 328 Å². The van der Waals surface area contributed by atoms with Crippen LogP contribution in [-0.4, -0.2) is 102 Å². The minimum atomic E-state index is -5.15. The SMILES string of the molecule is CCN(c1nc(OCC23CCCN2CC(F)C3)nc2c(F)c(-c3ccc(F)c4sc(N)c(C#N)c34)c(C(F)(F)F)cc12)C1CC(C)N(C(=O)OC2CC(OC)C2)C1. The van der Waals surface area contributed by atoms with E-state index in [1.165, 1.54) is 0 Å². The molecule has 1 amide bonds. The highest BCUT2D eigenvalue weighted by molar-refractivity contribution is 7.23. The number of hydrogen-bond acceptors (Lipinski definition) is 11. The Bertz CT molecular complexity index is 2280. The third-order valence-corrected chi connectivity index (χ3v) is 13.1. The summed E-state index contributed by atoms with van der Waals surface area (Å²) in [4.78, 5) is 27.6. The number of hydrogen-bond donors (Lipinski definition) is 1. The average molecular weight is 818 g/mol. The number of likely N-dealkylation sites (tertiary alicyclic amines) is 1. The van der Waals surface area contributed by atoms with Gasteiger partial charge in [0, 0.05) is 68.4 Å². The second-order valence-corrected chi connectivity index (χ2v) is 16.5. The molecular weight excluding hydrogens is 777 g/mol. The molecule has 1 aliphatic carbocycles. The number of fused-ring (bicyclic) bond motifs is 3. The topological polar surface area (TPSA) is 130 Å². The molecule has 4 atom stereocenters. The normalized spacial score (nSPS) is 26.2. The molecule has 0 bridgehead atoms. The maximum absolute atomic E-state index is 17.4. The molecule has 2 aromatic carbocycles. The maximum atomic E-state index is 17.4. The number of alkyl halides is 4. The van der Waals surface area contributed by atoms with E-state index in [4.69, 9.17) is 19.9 Å². The van der Waals surface area contributed by atoms with Crippen molar-refractivity contribution in [3.63, 3.8) is 0 Å². The van der Waals surface area contributed by atoms with Crippen LogP contribution in [0.25, 0.3) is 32.1 Å². The van der Waals surface area contributed by atoms with Crippen molar-refractivity contribution in [1.82, 2.24) is 19.8 Å². The van der Waals surface area contributed by atoms with Crippen LogP contribution >= 0.6 is 11.3 Å². The van der Waals surface area contributed by atoms with E-state index >= 15 is 22.0 Å². The van der Waals surface area contributed by atoms with Crippen molar-refractivity contribution in [3.05, 3.63) is 41.0 Å². The highest BCUT2D eigenvalue weighted by atomic mass is 32.1. The molecule has 4 unspecified atom stereocenters. The summed E-state index contributed by atoms with van der Waals surface area (Å²) in [5, 5.41) is 9.25. The summed E-state index contributed by atoms with van der Waals surface area (Å²) in [5.41, 5.74) is 1.83. The van der Waals surface area contributed by atoms with E-state index in [2.05, 4.69) is 9.97 Å². The van der Waals surface area contributed by atoms with Gasteiger partial charge in [-0.15, -0.1) is 11.3 Å². The smallest absolute Gasteiger partial charge is 0.417 e. The summed E-state index contributed by atoms with van der Waals surface area (Å²) in [6, 6.07) is 3.37. The molecule has 3 aliphatic heterocycles. The molecule has 4 aliphatic rings. The monoisotopic (exact) mass is 817 g/mol. The van der Waals surface area contributed by atoms with Gasteiger partial charge in [0.25, 0.3) is 0 Å². The number of thiophene rings is 1. The van der Waals surface area contributed by atoms with Crippen LogP contribution in [0.4, 0.5) is 42.0 Å². The molecule has 8 rings (SSSR count). The number of halogens is 6. The largest absolute Gasteiger partial charge is 0.461 e. The van der Waals surface area contributed by atoms with Gasteiger partial charge in [-0.25, -0.2) is 18.0 Å². The molecule has 2 aromatic heterocycles. The minimum absolute atomic E-state index is 0.0152. The molecule has 304 valence electrons. The fourth-order valence-corrected chi connectivity index (χ4v) is 10.1. The number of rotatable bonds is 9. The number of nitrogen functional groups attached to an aromatic ring is 1. The zero-order chi connectivity index (χ0) is 40.6. The molecule has 5 heterocycles. The molecule has 3 saturated heterocycles. The van der Waals surface area contributed by atoms with E-state index < -0.39 is 58.3 Å². The first-order chi connectivity index (χ1) is 27.2. The Kier molecular flexibility index (Phi) is 10.1. The van der Waals surface area contributed by atoms with Crippen LogP contribution in [0.2, 0.25) is 0 Å². The maximum Gasteiger partial charge on any atom is 0.417 e. The summed E-state index contributed by atoms with van der Waals surface area (Å²) < 4.78 is 110. The molecule has 18 heteroatoms. The Hall–Kier alpha value is -4.60. The summed E-state index contributed by atoms with van der Waals surface area (Å²) in [6.07, 6.45) is -3.80. The van der Waals surface area contributed by atoms with E-state index in [0.29, 0.717) is 43.6 Å². The summed E-state index contributed by atoms with van der Waals surface area (Å²) in [5.74, 6) is -2.28. The zero-order valence-corrected chi connectivity index (χ0v) is 32.3. The van der Waals surface area contributed by atoms with Crippen LogP contribution in [0.15, 0.2) is 18.2 Å². The van der Waals surface area contributed by atoms with Crippen molar-refractivity contribution in [3.8, 4) is 23.2 Å². The van der Waals surface area contributed by atoms with Crippen LogP contribution < -0.4 is 15.4 Å². The number of benzene rings is 2. The first-order valence-corrected chi connectivity index (χ1v) is 19.8. The molecule has 0 radical (unpaired) electrons. The van der Waals surface area contributed by atoms with Crippen LogP contribution in [0.5, 0.6) is 6.01 Å². The lowest BCUT2D eigenvalue weighted by molar-refractivity contribution is -0.137. The lowest BCUT2D eigenvalue weighted by Gasteiger charge is -2.35. The number of nitrogens with two attached hydrogens (primary N) is 1. The molecular formula is C39H41F6N7O4S. The molecule has 4 fully saturated rings. The first kappa shape index (κ1) is 39.2. The van der Waals surface area contributed by atoms with Crippen molar-refractivity contribution in [2.45, 2.75) is 94.6 Å². The van der Waals surface area contributed by atoms with Gasteiger partial charge >= 0.3 is 18.3 Å². The predicted molar refractivity (Wildman–Crippen MR) is 201 cm³/mol. The number of amides is 1. The van der Waals surface area contributed by atoms with E-state index in [0.717, 1.165) is 24.6 Å². The number of nitriles is 1. The summed E-state index contributed by atoms with van der Waals surface area (Å²) >= 11 is 0.675. The average Bonchev–Trinajstić information content (AvgIpc) is 3.89. The van der Waals surface area contributed by atoms with Gasteiger partial charge in [0.15, 0.2) is 5.82 Å². The van der Waals surface area contributed by atoms with Crippen LogP contribution in [0, 0.1) is 23.0 Å². The Morgan fingerprint density at radius 3 is 2.65 bits per heavy atom. The van der Waals surface area contributed by atoms with Gasteiger partial charge in [-0.05, 0) is 57.4 Å². The van der Waals surface area contributed by atoms with Crippen LogP contribution in [0.3, 0.4) is 0 Å². The van der Waals surface area contributed by atoms with Gasteiger partial charge < -0.3 is 29.7 Å². The first-order valence-electron chi connectivity index (χ1n) is 19.0. The second-order valence-electron chi connectivity index (χ2n) is 15.5. The number of carbonyl (C=O) groups excluding carboxylic acids is 1. The molecule has 4 aromatic rings. The van der Waals surface area contributed by atoms with Crippen molar-refractivity contribution < 1.29 is 45.3 Å². The second kappa shape index (κ2) is 14.7. The molecule has 57 heavy (non-hydrogen) atoms. The van der Waals surface area contributed by atoms with E-state index in [1.807, 2.05) is 17.9 Å². The van der Waals surface area contributed by atoms with Gasteiger partial charge in [0.05, 0.1) is 33.5 Å². The van der Waals surface area contributed by atoms with Crippen molar-refractivity contribution in [2.24, 2.45) is 0 Å². The van der Waals surface area contributed by atoms with Crippen molar-refractivity contribution >= 4 is 49.2 Å². The lowest BCUT2D eigenvalue weighted by Crippen LogP contribution is -2.44. The standard InChI is InChI=1S/C39H41F6N7O4S/c1-4-51(21-10-19(2)52(17-21)37(53)56-23-11-22(12-23)54-3)35-25-13-27(39(43,44)45)30(24-6-7-28(41)33-29(24)26(15-46)34(47)57-33)31(42)32(25)48-36(49-35)55-18-38-8-5-9-50(38)16-20(40)14-38/h6-7,13,19-23H,4-5,8-12,14,16-18,47H2,1-3H3. The number of aromatic nitrogens is 2. The number of methoxy groups -OCH3 is 1. The zero-order valence-electron chi connectivity index (χ0n) is 31.5. The Morgan fingerprint density at radius 1 is 1.18 bits per heavy atom. The molecule has 1 saturated carbocycles. The van der Waals surface area contributed by atoms with Crippen molar-refractivity contribution in [2.75, 3.05) is 50.5 Å². The van der Waals surface area contributed by atoms with Gasteiger partial charge in [0.2, 0.25) is 0 Å². The fraction of sp³-hybridized carbons (Fsp3) is 0.538. The number of nitrogens with zero attached hydrogens (tertiary/aromatic N) is 6. The molecule has 11 nitrogen and oxygen atoms in total. The third-order valence-electron chi connectivity index (χ3n) is 12.1. The van der Waals surface area contributed by atoms with Gasteiger partial charge in [0.1, 0.15) is 47.1 Å². The number of anilines is 2.